The third-order valence-electron chi connectivity index (χ3n) is 5.11. The zero-order valence-electron chi connectivity index (χ0n) is 16.7. The number of nitrogens with one attached hydrogen (secondary N) is 3. The zero-order chi connectivity index (χ0) is 21.2. The van der Waals surface area contributed by atoms with E-state index in [9.17, 15) is 4.79 Å². The Labute approximate surface area is 183 Å². The van der Waals surface area contributed by atoms with Gasteiger partial charge in [0.1, 0.15) is 0 Å². The summed E-state index contributed by atoms with van der Waals surface area (Å²) in [6.07, 6.45) is 3.78. The van der Waals surface area contributed by atoms with Gasteiger partial charge in [-0.3, -0.25) is 9.78 Å². The summed E-state index contributed by atoms with van der Waals surface area (Å²) in [4.78, 5) is 19.8. The largest absolute Gasteiger partial charge is 0.369 e. The predicted octanol–water partition coefficient (Wildman–Crippen LogP) is 4.76. The summed E-state index contributed by atoms with van der Waals surface area (Å²) < 4.78 is 1.12. The molecule has 0 aliphatic carbocycles. The van der Waals surface area contributed by atoms with Gasteiger partial charge in [-0.2, -0.15) is 0 Å². The standard InChI is InChI=1S/C24H21N5OS/c25-23(30)14-26-13-15-1-3-16(4-2-15)22-12-21-24(31-22)20(8-10-28-21)29-18-5-6-19-17(11-18)7-9-27-19/h1-12,26-27H,13-14H2,(H2,25,30)(H,28,29). The number of aromatic amines is 1. The van der Waals surface area contributed by atoms with Crippen molar-refractivity contribution in [1.29, 1.82) is 0 Å². The minimum Gasteiger partial charge on any atom is -0.369 e. The van der Waals surface area contributed by atoms with Gasteiger partial charge in [0.15, 0.2) is 0 Å². The minimum absolute atomic E-state index is 0.177. The monoisotopic (exact) mass is 427 g/mol. The molecule has 6 nitrogen and oxygen atoms in total. The molecule has 0 spiro atoms. The van der Waals surface area contributed by atoms with E-state index in [1.807, 2.05) is 18.5 Å². The Morgan fingerprint density at radius 3 is 2.77 bits per heavy atom. The van der Waals surface area contributed by atoms with Crippen LogP contribution in [0.5, 0.6) is 0 Å². The number of carbonyl (C=O) groups excluding carboxylic acids is 1. The highest BCUT2D eigenvalue weighted by Gasteiger charge is 2.10. The van der Waals surface area contributed by atoms with Crippen molar-refractivity contribution >= 4 is 49.7 Å². The Bertz CT molecular complexity index is 1370. The molecule has 7 heteroatoms. The Morgan fingerprint density at radius 1 is 1.06 bits per heavy atom. The van der Waals surface area contributed by atoms with E-state index in [-0.39, 0.29) is 12.5 Å². The van der Waals surface area contributed by atoms with E-state index < -0.39 is 0 Å². The number of fused-ring (bicyclic) bond motifs is 2. The van der Waals surface area contributed by atoms with Gasteiger partial charge in [-0.1, -0.05) is 24.3 Å². The fourth-order valence-electron chi connectivity index (χ4n) is 3.58. The quantitative estimate of drug-likeness (QED) is 0.301. The van der Waals surface area contributed by atoms with Crippen molar-refractivity contribution in [1.82, 2.24) is 15.3 Å². The lowest BCUT2D eigenvalue weighted by Crippen LogP contribution is -2.28. The lowest BCUT2D eigenvalue weighted by molar-refractivity contribution is -0.117. The second kappa shape index (κ2) is 8.22. The van der Waals surface area contributed by atoms with Gasteiger partial charge in [-0.15, -0.1) is 11.3 Å². The van der Waals surface area contributed by atoms with Gasteiger partial charge in [-0.25, -0.2) is 0 Å². The first-order valence-corrected chi connectivity index (χ1v) is 10.8. The number of nitrogens with zero attached hydrogens (tertiary/aromatic N) is 1. The van der Waals surface area contributed by atoms with Crippen molar-refractivity contribution in [2.24, 2.45) is 5.73 Å². The minimum atomic E-state index is -0.355. The summed E-state index contributed by atoms with van der Waals surface area (Å²) >= 11 is 1.72. The van der Waals surface area contributed by atoms with E-state index in [1.165, 1.54) is 5.39 Å². The number of thiophene rings is 1. The molecule has 154 valence electrons. The number of aromatic nitrogens is 2. The van der Waals surface area contributed by atoms with Gasteiger partial charge in [-0.05, 0) is 47.5 Å². The Balaban J connectivity index is 1.39. The third-order valence-corrected chi connectivity index (χ3v) is 6.32. The fourth-order valence-corrected chi connectivity index (χ4v) is 4.67. The van der Waals surface area contributed by atoms with E-state index in [0.29, 0.717) is 6.54 Å². The molecule has 0 aliphatic rings. The first-order chi connectivity index (χ1) is 15.2. The smallest absolute Gasteiger partial charge is 0.231 e. The van der Waals surface area contributed by atoms with Gasteiger partial charge >= 0.3 is 0 Å². The van der Waals surface area contributed by atoms with E-state index in [0.717, 1.165) is 43.1 Å². The van der Waals surface area contributed by atoms with Crippen LogP contribution >= 0.6 is 11.3 Å². The molecular weight excluding hydrogens is 406 g/mol. The molecule has 31 heavy (non-hydrogen) atoms. The van der Waals surface area contributed by atoms with Gasteiger partial charge in [0.2, 0.25) is 5.91 Å². The van der Waals surface area contributed by atoms with Crippen molar-refractivity contribution in [3.63, 3.8) is 0 Å². The van der Waals surface area contributed by atoms with Crippen LogP contribution in [0, 0.1) is 0 Å². The van der Waals surface area contributed by atoms with Crippen molar-refractivity contribution in [2.75, 3.05) is 11.9 Å². The third kappa shape index (κ3) is 4.14. The average molecular weight is 428 g/mol. The molecule has 5 N–H and O–H groups in total. The van der Waals surface area contributed by atoms with Crippen molar-refractivity contribution in [3.05, 3.63) is 78.6 Å². The molecule has 0 radical (unpaired) electrons. The lowest BCUT2D eigenvalue weighted by Gasteiger charge is -2.07. The summed E-state index contributed by atoms with van der Waals surface area (Å²) in [5.41, 5.74) is 11.6. The summed E-state index contributed by atoms with van der Waals surface area (Å²) in [7, 11) is 0. The average Bonchev–Trinajstić information content (AvgIpc) is 3.41. The number of primary amides is 1. The van der Waals surface area contributed by atoms with Gasteiger partial charge in [0, 0.05) is 40.4 Å². The normalized spacial score (nSPS) is 11.2. The van der Waals surface area contributed by atoms with Crippen molar-refractivity contribution in [3.8, 4) is 10.4 Å². The summed E-state index contributed by atoms with van der Waals surface area (Å²) in [5, 5.41) is 7.75. The summed E-state index contributed by atoms with van der Waals surface area (Å²) in [5.74, 6) is -0.355. The molecule has 0 bridgehead atoms. The molecule has 0 unspecified atom stereocenters. The second-order valence-electron chi connectivity index (χ2n) is 7.36. The molecule has 3 aromatic heterocycles. The molecule has 0 atom stereocenters. The van der Waals surface area contributed by atoms with Crippen molar-refractivity contribution in [2.45, 2.75) is 6.54 Å². The molecule has 0 fully saturated rings. The Hall–Kier alpha value is -3.68. The topological polar surface area (TPSA) is 95.8 Å². The number of nitrogens with two attached hydrogens (primary N) is 1. The maximum Gasteiger partial charge on any atom is 0.231 e. The maximum absolute atomic E-state index is 10.9. The zero-order valence-corrected chi connectivity index (χ0v) is 17.5. The van der Waals surface area contributed by atoms with Crippen LogP contribution in [0.15, 0.2) is 73.1 Å². The van der Waals surface area contributed by atoms with E-state index in [1.54, 1.807) is 11.3 Å². The molecule has 5 rings (SSSR count). The van der Waals surface area contributed by atoms with Gasteiger partial charge in [0.05, 0.1) is 22.4 Å². The molecular formula is C24H21N5OS. The van der Waals surface area contributed by atoms with E-state index in [2.05, 4.69) is 75.2 Å². The molecule has 0 saturated heterocycles. The fraction of sp³-hybridized carbons (Fsp3) is 0.0833. The van der Waals surface area contributed by atoms with E-state index >= 15 is 0 Å². The van der Waals surface area contributed by atoms with Crippen LogP contribution in [0.1, 0.15) is 5.56 Å². The number of rotatable bonds is 7. The maximum atomic E-state index is 10.9. The molecule has 0 saturated carbocycles. The number of pyridine rings is 1. The van der Waals surface area contributed by atoms with Crippen molar-refractivity contribution < 1.29 is 4.79 Å². The highest BCUT2D eigenvalue weighted by atomic mass is 32.1. The molecule has 5 aromatic rings. The number of hydrogen-bond donors (Lipinski definition) is 4. The molecule has 3 heterocycles. The first-order valence-electron chi connectivity index (χ1n) is 9.97. The summed E-state index contributed by atoms with van der Waals surface area (Å²) in [6.45, 7) is 0.785. The number of benzene rings is 2. The predicted molar refractivity (Wildman–Crippen MR) is 128 cm³/mol. The highest BCUT2D eigenvalue weighted by Crippen LogP contribution is 2.37. The number of hydrogen-bond acceptors (Lipinski definition) is 5. The molecule has 2 aromatic carbocycles. The second-order valence-corrected chi connectivity index (χ2v) is 8.41. The SMILES string of the molecule is NC(=O)CNCc1ccc(-c2cc3nccc(Nc4ccc5[nH]ccc5c4)c3s2)cc1. The van der Waals surface area contributed by atoms with Crippen LogP contribution in [-0.2, 0) is 11.3 Å². The lowest BCUT2D eigenvalue weighted by atomic mass is 10.1. The van der Waals surface area contributed by atoms with Crippen LogP contribution in [0.2, 0.25) is 0 Å². The van der Waals surface area contributed by atoms with Gasteiger partial charge < -0.3 is 21.4 Å². The van der Waals surface area contributed by atoms with Gasteiger partial charge in [0.25, 0.3) is 0 Å². The molecule has 1 amide bonds. The number of H-pyrrole nitrogens is 1. The van der Waals surface area contributed by atoms with Crippen LogP contribution in [0.25, 0.3) is 31.6 Å². The Morgan fingerprint density at radius 2 is 1.94 bits per heavy atom. The number of amides is 1. The van der Waals surface area contributed by atoms with Crippen LogP contribution in [0.4, 0.5) is 11.4 Å². The Kier molecular flexibility index (Phi) is 5.11. The summed E-state index contributed by atoms with van der Waals surface area (Å²) in [6, 6.07) is 20.8. The van der Waals surface area contributed by atoms with Crippen LogP contribution in [0.3, 0.4) is 0 Å². The highest BCUT2D eigenvalue weighted by molar-refractivity contribution is 7.22. The van der Waals surface area contributed by atoms with Crippen LogP contribution < -0.4 is 16.4 Å². The molecule has 0 aliphatic heterocycles. The first kappa shape index (κ1) is 19.3. The van der Waals surface area contributed by atoms with E-state index in [4.69, 9.17) is 5.73 Å². The number of anilines is 2. The number of carbonyl (C=O) groups is 1. The van der Waals surface area contributed by atoms with Crippen LogP contribution in [-0.4, -0.2) is 22.4 Å².